The van der Waals surface area contributed by atoms with E-state index in [1.54, 1.807) is 0 Å². The zero-order valence-electron chi connectivity index (χ0n) is 8.48. The summed E-state index contributed by atoms with van der Waals surface area (Å²) in [4.78, 5) is 11.1. The molecule has 0 aromatic heterocycles. The first-order valence-corrected chi connectivity index (χ1v) is 4.52. The zero-order chi connectivity index (χ0) is 9.56. The maximum Gasteiger partial charge on any atom is 0.221 e. The molecule has 0 aliphatic carbocycles. The molecule has 3 heteroatoms. The van der Waals surface area contributed by atoms with Crippen molar-refractivity contribution in [1.82, 2.24) is 10.6 Å². The van der Waals surface area contributed by atoms with Gasteiger partial charge in [-0.25, -0.2) is 0 Å². The van der Waals surface area contributed by atoms with Crippen LogP contribution in [0.2, 0.25) is 0 Å². The lowest BCUT2D eigenvalue weighted by Crippen LogP contribution is -2.37. The Kier molecular flexibility index (Phi) is 5.72. The van der Waals surface area contributed by atoms with Crippen molar-refractivity contribution >= 4 is 5.91 Å². The van der Waals surface area contributed by atoms with Gasteiger partial charge >= 0.3 is 0 Å². The molecule has 0 bridgehead atoms. The second-order valence-corrected chi connectivity index (χ2v) is 3.73. The van der Waals surface area contributed by atoms with Gasteiger partial charge in [-0.2, -0.15) is 0 Å². The molecule has 2 N–H and O–H groups in total. The van der Waals surface area contributed by atoms with Gasteiger partial charge in [-0.05, 0) is 19.8 Å². The molecule has 0 aromatic rings. The summed E-state index contributed by atoms with van der Waals surface area (Å²) in [6, 6.07) is 0.421. The van der Waals surface area contributed by atoms with E-state index in [1.165, 1.54) is 0 Å². The summed E-state index contributed by atoms with van der Waals surface area (Å²) >= 11 is 0. The summed E-state index contributed by atoms with van der Waals surface area (Å²) in [5, 5.41) is 5.91. The second kappa shape index (κ2) is 6.00. The quantitative estimate of drug-likeness (QED) is 0.610. The van der Waals surface area contributed by atoms with Gasteiger partial charge in [-0.3, -0.25) is 10.1 Å². The van der Waals surface area contributed by atoms with E-state index in [-0.39, 0.29) is 5.91 Å². The van der Waals surface area contributed by atoms with Crippen molar-refractivity contribution in [1.29, 1.82) is 0 Å². The van der Waals surface area contributed by atoms with Crippen molar-refractivity contribution in [2.24, 2.45) is 5.92 Å². The highest BCUT2D eigenvalue weighted by molar-refractivity contribution is 5.75. The molecule has 0 fully saturated rings. The molecule has 12 heavy (non-hydrogen) atoms. The molecule has 0 spiro atoms. The van der Waals surface area contributed by atoms with Gasteiger partial charge in [0.1, 0.15) is 0 Å². The Hall–Kier alpha value is -0.570. The Morgan fingerprint density at radius 1 is 1.25 bits per heavy atom. The summed E-state index contributed by atoms with van der Waals surface area (Å²) in [6.07, 6.45) is 0.611. The van der Waals surface area contributed by atoms with E-state index in [2.05, 4.69) is 24.5 Å². The van der Waals surface area contributed by atoms with Crippen LogP contribution in [-0.4, -0.2) is 18.6 Å². The van der Waals surface area contributed by atoms with Crippen molar-refractivity contribution < 1.29 is 4.79 Å². The van der Waals surface area contributed by atoms with Gasteiger partial charge < -0.3 is 5.32 Å². The van der Waals surface area contributed by atoms with Gasteiger partial charge in [0.05, 0.1) is 6.67 Å². The minimum absolute atomic E-state index is 0.123. The fourth-order valence-corrected chi connectivity index (χ4v) is 0.797. The van der Waals surface area contributed by atoms with Crippen LogP contribution in [0.25, 0.3) is 0 Å². The first kappa shape index (κ1) is 11.4. The van der Waals surface area contributed by atoms with E-state index in [1.807, 2.05) is 13.8 Å². The molecule has 0 heterocycles. The predicted octanol–water partition coefficient (Wildman–Crippen LogP) is 1.10. The smallest absolute Gasteiger partial charge is 0.221 e. The van der Waals surface area contributed by atoms with Crippen LogP contribution in [-0.2, 0) is 4.79 Å². The lowest BCUT2D eigenvalue weighted by Gasteiger charge is -2.10. The maximum absolute atomic E-state index is 11.1. The standard InChI is InChI=1S/C9H20N2O/c1-7(2)5-9(12)11-6-10-8(3)4/h7-8,10H,5-6H2,1-4H3,(H,11,12). The topological polar surface area (TPSA) is 41.1 Å². The average molecular weight is 172 g/mol. The molecule has 0 aliphatic rings. The van der Waals surface area contributed by atoms with E-state index < -0.39 is 0 Å². The summed E-state index contributed by atoms with van der Waals surface area (Å²) in [6.45, 7) is 8.75. The van der Waals surface area contributed by atoms with Crippen LogP contribution < -0.4 is 10.6 Å². The monoisotopic (exact) mass is 172 g/mol. The first-order valence-electron chi connectivity index (χ1n) is 4.52. The number of hydrogen-bond donors (Lipinski definition) is 2. The van der Waals surface area contributed by atoms with Gasteiger partial charge in [-0.1, -0.05) is 13.8 Å². The molecule has 0 saturated carbocycles. The third kappa shape index (κ3) is 7.54. The Morgan fingerprint density at radius 2 is 1.83 bits per heavy atom. The van der Waals surface area contributed by atoms with Gasteiger partial charge in [-0.15, -0.1) is 0 Å². The molecule has 0 aliphatic heterocycles. The Bertz CT molecular complexity index is 132. The fourth-order valence-electron chi connectivity index (χ4n) is 0.797. The van der Waals surface area contributed by atoms with Crippen LogP contribution in [0.4, 0.5) is 0 Å². The van der Waals surface area contributed by atoms with Crippen LogP contribution in [0.3, 0.4) is 0 Å². The minimum Gasteiger partial charge on any atom is -0.344 e. The maximum atomic E-state index is 11.1. The zero-order valence-corrected chi connectivity index (χ0v) is 8.48. The highest BCUT2D eigenvalue weighted by atomic mass is 16.1. The van der Waals surface area contributed by atoms with Crippen LogP contribution in [0.5, 0.6) is 0 Å². The van der Waals surface area contributed by atoms with E-state index in [4.69, 9.17) is 0 Å². The predicted molar refractivity (Wildman–Crippen MR) is 50.7 cm³/mol. The molecule has 0 unspecified atom stereocenters. The van der Waals surface area contributed by atoms with E-state index in [0.29, 0.717) is 25.0 Å². The van der Waals surface area contributed by atoms with E-state index in [0.717, 1.165) is 0 Å². The molecular weight excluding hydrogens is 152 g/mol. The van der Waals surface area contributed by atoms with Crippen molar-refractivity contribution in [3.63, 3.8) is 0 Å². The van der Waals surface area contributed by atoms with E-state index in [9.17, 15) is 4.79 Å². The van der Waals surface area contributed by atoms with Crippen molar-refractivity contribution in [3.8, 4) is 0 Å². The Balaban J connectivity index is 3.32. The van der Waals surface area contributed by atoms with Gasteiger partial charge in [0.25, 0.3) is 0 Å². The summed E-state index contributed by atoms with van der Waals surface area (Å²) in [5.41, 5.74) is 0. The third-order valence-electron chi connectivity index (χ3n) is 1.39. The lowest BCUT2D eigenvalue weighted by molar-refractivity contribution is -0.121. The van der Waals surface area contributed by atoms with Crippen molar-refractivity contribution in [2.75, 3.05) is 6.67 Å². The van der Waals surface area contributed by atoms with E-state index >= 15 is 0 Å². The lowest BCUT2D eigenvalue weighted by atomic mass is 10.1. The summed E-state index contributed by atoms with van der Waals surface area (Å²) in [7, 11) is 0. The molecule has 0 atom stereocenters. The van der Waals surface area contributed by atoms with Crippen LogP contribution in [0.1, 0.15) is 34.1 Å². The number of nitrogens with one attached hydrogen (secondary N) is 2. The number of carbonyl (C=O) groups is 1. The fraction of sp³-hybridized carbons (Fsp3) is 0.889. The highest BCUT2D eigenvalue weighted by Gasteiger charge is 2.02. The largest absolute Gasteiger partial charge is 0.344 e. The normalized spacial score (nSPS) is 10.8. The summed E-state index contributed by atoms with van der Waals surface area (Å²) in [5.74, 6) is 0.558. The molecule has 0 radical (unpaired) electrons. The molecule has 1 amide bonds. The molecule has 0 saturated heterocycles. The molecule has 0 aromatic carbocycles. The summed E-state index contributed by atoms with van der Waals surface area (Å²) < 4.78 is 0. The van der Waals surface area contributed by atoms with Gasteiger partial charge in [0, 0.05) is 12.5 Å². The molecule has 3 nitrogen and oxygen atoms in total. The number of amides is 1. The average Bonchev–Trinajstić information content (AvgIpc) is 1.84. The van der Waals surface area contributed by atoms with Crippen molar-refractivity contribution in [3.05, 3.63) is 0 Å². The van der Waals surface area contributed by atoms with Gasteiger partial charge in [0.15, 0.2) is 0 Å². The molecule has 0 rings (SSSR count). The highest BCUT2D eigenvalue weighted by Crippen LogP contribution is 1.97. The second-order valence-electron chi connectivity index (χ2n) is 3.73. The Labute approximate surface area is 74.9 Å². The SMILES string of the molecule is CC(C)CC(=O)NCNC(C)C. The number of hydrogen-bond acceptors (Lipinski definition) is 2. The molecule has 72 valence electrons. The van der Waals surface area contributed by atoms with Gasteiger partial charge in [0.2, 0.25) is 5.91 Å². The van der Waals surface area contributed by atoms with Crippen molar-refractivity contribution in [2.45, 2.75) is 40.2 Å². The molecular formula is C9H20N2O. The third-order valence-corrected chi connectivity index (χ3v) is 1.39. The van der Waals surface area contributed by atoms with Crippen LogP contribution in [0.15, 0.2) is 0 Å². The first-order chi connectivity index (χ1) is 5.52. The van der Waals surface area contributed by atoms with Crippen LogP contribution in [0, 0.1) is 5.92 Å². The Morgan fingerprint density at radius 3 is 2.25 bits per heavy atom. The number of rotatable bonds is 5. The minimum atomic E-state index is 0.123. The van der Waals surface area contributed by atoms with Crippen LogP contribution >= 0.6 is 0 Å². The number of carbonyl (C=O) groups excluding carboxylic acids is 1.